The Morgan fingerprint density at radius 2 is 2.33 bits per heavy atom. The fraction of sp³-hybridized carbons (Fsp3) is 0.357. The molecule has 2 atom stereocenters. The maximum atomic E-state index is 12.3. The molecule has 1 fully saturated rings. The number of carbonyl (C=O) groups excluding carboxylic acids is 1. The van der Waals surface area contributed by atoms with Crippen LogP contribution in [0.5, 0.6) is 0 Å². The molecule has 7 heteroatoms. The molecule has 0 aliphatic carbocycles. The predicted molar refractivity (Wildman–Crippen MR) is 76.9 cm³/mol. The van der Waals surface area contributed by atoms with Gasteiger partial charge in [0.2, 0.25) is 0 Å². The van der Waals surface area contributed by atoms with Gasteiger partial charge in [0.15, 0.2) is 0 Å². The predicted octanol–water partition coefficient (Wildman–Crippen LogP) is 0.712. The van der Waals surface area contributed by atoms with Gasteiger partial charge in [-0.2, -0.15) is 0 Å². The van der Waals surface area contributed by atoms with Crippen LogP contribution in [0.2, 0.25) is 0 Å². The van der Waals surface area contributed by atoms with Gasteiger partial charge in [-0.15, -0.1) is 0 Å². The zero-order valence-electron chi connectivity index (χ0n) is 11.5. The first-order valence-electron chi connectivity index (χ1n) is 6.86. The molecule has 0 spiro atoms. The van der Waals surface area contributed by atoms with Crippen LogP contribution in [-0.2, 0) is 9.53 Å². The Balaban J connectivity index is 1.75. The van der Waals surface area contributed by atoms with Crippen LogP contribution in [0.3, 0.4) is 0 Å². The van der Waals surface area contributed by atoms with E-state index in [4.69, 9.17) is 10.5 Å². The molecule has 0 radical (unpaired) electrons. The van der Waals surface area contributed by atoms with Gasteiger partial charge >= 0.3 is 0 Å². The minimum atomic E-state index is -0.450. The van der Waals surface area contributed by atoms with Crippen molar-refractivity contribution in [3.8, 4) is 5.69 Å². The first-order valence-corrected chi connectivity index (χ1v) is 6.86. The van der Waals surface area contributed by atoms with E-state index in [0.29, 0.717) is 18.7 Å². The van der Waals surface area contributed by atoms with E-state index >= 15 is 0 Å². The molecule has 1 amide bonds. The van der Waals surface area contributed by atoms with Crippen LogP contribution >= 0.6 is 0 Å². The Labute approximate surface area is 122 Å². The summed E-state index contributed by atoms with van der Waals surface area (Å²) in [6.45, 7) is 0.441. The van der Waals surface area contributed by atoms with Crippen molar-refractivity contribution < 1.29 is 9.53 Å². The summed E-state index contributed by atoms with van der Waals surface area (Å²) in [6, 6.07) is 1.81. The zero-order chi connectivity index (χ0) is 14.7. The van der Waals surface area contributed by atoms with Crippen molar-refractivity contribution in [1.82, 2.24) is 14.5 Å². The van der Waals surface area contributed by atoms with Crippen LogP contribution in [0.1, 0.15) is 12.8 Å². The average molecular weight is 287 g/mol. The number of ether oxygens (including phenoxy) is 1. The van der Waals surface area contributed by atoms with E-state index in [9.17, 15) is 4.79 Å². The molecule has 2 aromatic heterocycles. The summed E-state index contributed by atoms with van der Waals surface area (Å²) in [6.07, 6.45) is 9.47. The van der Waals surface area contributed by atoms with E-state index in [1.165, 1.54) is 0 Å². The summed E-state index contributed by atoms with van der Waals surface area (Å²) in [4.78, 5) is 20.3. The van der Waals surface area contributed by atoms with Gasteiger partial charge in [-0.05, 0) is 18.9 Å². The minimum absolute atomic E-state index is 0.0252. The van der Waals surface area contributed by atoms with E-state index in [-0.39, 0.29) is 12.0 Å². The van der Waals surface area contributed by atoms with Crippen molar-refractivity contribution in [2.24, 2.45) is 5.73 Å². The lowest BCUT2D eigenvalue weighted by Crippen LogP contribution is -2.30. The molecule has 1 aliphatic rings. The van der Waals surface area contributed by atoms with E-state index < -0.39 is 6.10 Å². The monoisotopic (exact) mass is 287 g/mol. The summed E-state index contributed by atoms with van der Waals surface area (Å²) in [5.41, 5.74) is 6.99. The molecule has 1 aliphatic heterocycles. The van der Waals surface area contributed by atoms with Gasteiger partial charge < -0.3 is 20.4 Å². The van der Waals surface area contributed by atoms with E-state index in [1.54, 1.807) is 24.9 Å². The molecule has 0 unspecified atom stereocenters. The molecular weight excluding hydrogens is 270 g/mol. The number of hydrogen-bond donors (Lipinski definition) is 2. The number of carbonyl (C=O) groups is 1. The van der Waals surface area contributed by atoms with Gasteiger partial charge in [0.1, 0.15) is 6.10 Å². The average Bonchev–Trinajstić information content (AvgIpc) is 3.19. The summed E-state index contributed by atoms with van der Waals surface area (Å²) in [7, 11) is 0. The van der Waals surface area contributed by atoms with E-state index in [0.717, 1.165) is 12.1 Å². The second kappa shape index (κ2) is 6.02. The molecule has 0 bridgehead atoms. The lowest BCUT2D eigenvalue weighted by atomic mass is 10.2. The Kier molecular flexibility index (Phi) is 3.94. The van der Waals surface area contributed by atoms with Crippen molar-refractivity contribution in [1.29, 1.82) is 0 Å². The second-order valence-electron chi connectivity index (χ2n) is 4.91. The van der Waals surface area contributed by atoms with Gasteiger partial charge in [0, 0.05) is 25.1 Å². The number of anilines is 1. The Bertz CT molecular complexity index is 614. The Morgan fingerprint density at radius 3 is 3.05 bits per heavy atom. The van der Waals surface area contributed by atoms with Gasteiger partial charge in [0.05, 0.1) is 30.0 Å². The van der Waals surface area contributed by atoms with Gasteiger partial charge in [-0.1, -0.05) is 0 Å². The molecule has 3 rings (SSSR count). The lowest BCUT2D eigenvalue weighted by molar-refractivity contribution is -0.126. The van der Waals surface area contributed by atoms with Crippen molar-refractivity contribution in [3.05, 3.63) is 37.2 Å². The van der Waals surface area contributed by atoms with Crippen molar-refractivity contribution in [3.63, 3.8) is 0 Å². The molecule has 3 heterocycles. The first-order chi connectivity index (χ1) is 10.3. The molecule has 7 nitrogen and oxygen atoms in total. The standard InChI is InChI=1S/C14H17N5O2/c15-7-10-1-2-13(21-10)14(20)18-11-8-16-4-3-12(11)19-6-5-17-9-19/h3-6,8-10,13H,1-2,7,15H2,(H,18,20)/t10-,13+/m1/s1. The quantitative estimate of drug-likeness (QED) is 0.863. The SMILES string of the molecule is NC[C@H]1CC[C@@H](C(=O)Nc2cnccc2-n2ccnc2)O1. The van der Waals surface area contributed by atoms with E-state index in [2.05, 4.69) is 15.3 Å². The van der Waals surface area contributed by atoms with E-state index in [1.807, 2.05) is 16.8 Å². The summed E-state index contributed by atoms with van der Waals surface area (Å²) >= 11 is 0. The summed E-state index contributed by atoms with van der Waals surface area (Å²) < 4.78 is 7.41. The third-order valence-electron chi connectivity index (χ3n) is 3.50. The number of nitrogens with one attached hydrogen (secondary N) is 1. The zero-order valence-corrected chi connectivity index (χ0v) is 11.5. The molecule has 110 valence electrons. The maximum absolute atomic E-state index is 12.3. The van der Waals surface area contributed by atoms with Crippen molar-refractivity contribution in [2.45, 2.75) is 25.0 Å². The first kappa shape index (κ1) is 13.7. The lowest BCUT2D eigenvalue weighted by Gasteiger charge is -2.15. The third-order valence-corrected chi connectivity index (χ3v) is 3.50. The van der Waals surface area contributed by atoms with Gasteiger partial charge in [0.25, 0.3) is 5.91 Å². The largest absolute Gasteiger partial charge is 0.364 e. The fourth-order valence-corrected chi connectivity index (χ4v) is 2.40. The van der Waals surface area contributed by atoms with Crippen LogP contribution in [0, 0.1) is 0 Å². The van der Waals surface area contributed by atoms with Gasteiger partial charge in [-0.25, -0.2) is 4.98 Å². The van der Waals surface area contributed by atoms with Crippen LogP contribution in [0.25, 0.3) is 5.69 Å². The highest BCUT2D eigenvalue weighted by atomic mass is 16.5. The number of amides is 1. The number of hydrogen-bond acceptors (Lipinski definition) is 5. The number of nitrogens with two attached hydrogens (primary N) is 1. The summed E-state index contributed by atoms with van der Waals surface area (Å²) in [5.74, 6) is -0.166. The third kappa shape index (κ3) is 2.93. The Morgan fingerprint density at radius 1 is 1.43 bits per heavy atom. The maximum Gasteiger partial charge on any atom is 0.253 e. The number of nitrogens with zero attached hydrogens (tertiary/aromatic N) is 3. The second-order valence-corrected chi connectivity index (χ2v) is 4.91. The molecule has 1 saturated heterocycles. The number of rotatable bonds is 4. The van der Waals surface area contributed by atoms with Crippen LogP contribution in [-0.4, -0.2) is 39.2 Å². The van der Waals surface area contributed by atoms with Crippen molar-refractivity contribution in [2.75, 3.05) is 11.9 Å². The normalized spacial score (nSPS) is 21.4. The highest BCUT2D eigenvalue weighted by Gasteiger charge is 2.30. The highest BCUT2D eigenvalue weighted by molar-refractivity contribution is 5.95. The minimum Gasteiger partial charge on any atom is -0.364 e. The van der Waals surface area contributed by atoms with Crippen molar-refractivity contribution >= 4 is 11.6 Å². The number of imidazole rings is 1. The van der Waals surface area contributed by atoms with Gasteiger partial charge in [-0.3, -0.25) is 9.78 Å². The number of aromatic nitrogens is 3. The number of pyridine rings is 1. The van der Waals surface area contributed by atoms with Crippen LogP contribution < -0.4 is 11.1 Å². The highest BCUT2D eigenvalue weighted by Crippen LogP contribution is 2.23. The summed E-state index contributed by atoms with van der Waals surface area (Å²) in [5, 5.41) is 2.87. The molecule has 0 saturated carbocycles. The molecule has 3 N–H and O–H groups in total. The molecule has 0 aromatic carbocycles. The smallest absolute Gasteiger partial charge is 0.253 e. The molecule has 2 aromatic rings. The topological polar surface area (TPSA) is 95.1 Å². The fourth-order valence-electron chi connectivity index (χ4n) is 2.40. The van der Waals surface area contributed by atoms with Crippen LogP contribution in [0.15, 0.2) is 37.2 Å². The molecule has 21 heavy (non-hydrogen) atoms. The Hall–Kier alpha value is -2.25. The molecular formula is C14H17N5O2. The van der Waals surface area contributed by atoms with Crippen LogP contribution in [0.4, 0.5) is 5.69 Å².